The Labute approximate surface area is 121 Å². The Hall–Kier alpha value is -1.07. The number of hydrogen-bond donors (Lipinski definition) is 1. The number of esters is 1. The van der Waals surface area contributed by atoms with Crippen LogP contribution in [0.2, 0.25) is 0 Å². The first-order valence-corrected chi connectivity index (χ1v) is 7.32. The zero-order valence-corrected chi connectivity index (χ0v) is 12.5. The molecular weight excluding hydrogens is 310 g/mol. The molecule has 5 heteroatoms. The van der Waals surface area contributed by atoms with E-state index in [2.05, 4.69) is 28.2 Å². The van der Waals surface area contributed by atoms with E-state index < -0.39 is 6.10 Å². The lowest BCUT2D eigenvalue weighted by atomic mass is 10.2. The highest BCUT2D eigenvalue weighted by Crippen LogP contribution is 2.26. The van der Waals surface area contributed by atoms with Gasteiger partial charge in [0, 0.05) is 23.0 Å². The Morgan fingerprint density at radius 1 is 1.53 bits per heavy atom. The molecule has 0 radical (unpaired) electrons. The van der Waals surface area contributed by atoms with Crippen LogP contribution in [-0.2, 0) is 16.1 Å². The molecule has 1 unspecified atom stereocenters. The fourth-order valence-corrected chi connectivity index (χ4v) is 2.35. The van der Waals surface area contributed by atoms with Crippen LogP contribution >= 0.6 is 15.9 Å². The number of benzene rings is 1. The summed E-state index contributed by atoms with van der Waals surface area (Å²) in [5.41, 5.74) is 1.04. The first kappa shape index (κ1) is 14.3. The van der Waals surface area contributed by atoms with Crippen LogP contribution in [0.5, 0.6) is 5.75 Å². The van der Waals surface area contributed by atoms with E-state index in [0.29, 0.717) is 13.0 Å². The van der Waals surface area contributed by atoms with E-state index in [4.69, 9.17) is 9.47 Å². The summed E-state index contributed by atoms with van der Waals surface area (Å²) in [7, 11) is 0. The van der Waals surface area contributed by atoms with Crippen molar-refractivity contribution in [1.82, 2.24) is 5.32 Å². The highest BCUT2D eigenvalue weighted by molar-refractivity contribution is 9.10. The molecule has 1 aliphatic rings. The zero-order valence-electron chi connectivity index (χ0n) is 10.9. The van der Waals surface area contributed by atoms with Crippen LogP contribution in [0.1, 0.15) is 25.3 Å². The molecule has 19 heavy (non-hydrogen) atoms. The molecule has 0 amide bonds. The van der Waals surface area contributed by atoms with Gasteiger partial charge in [0.15, 0.2) is 6.10 Å². The van der Waals surface area contributed by atoms with E-state index >= 15 is 0 Å². The standard InChI is InChI=1S/C14H18BrNO3/c1-2-6-16-9-10-8-11(15)3-4-12(10)19-13-5-7-18-14(13)17/h3-4,8,13,16H,2,5-7,9H2,1H3. The molecule has 1 aliphatic heterocycles. The molecule has 1 aromatic rings. The fraction of sp³-hybridized carbons (Fsp3) is 0.500. The number of halogens is 1. The number of carbonyl (C=O) groups is 1. The average Bonchev–Trinajstić information content (AvgIpc) is 2.78. The van der Waals surface area contributed by atoms with E-state index in [-0.39, 0.29) is 5.97 Å². The number of rotatable bonds is 6. The molecule has 0 spiro atoms. The molecular formula is C14H18BrNO3. The van der Waals surface area contributed by atoms with Gasteiger partial charge in [0.2, 0.25) is 0 Å². The van der Waals surface area contributed by atoms with E-state index in [1.165, 1.54) is 0 Å². The average molecular weight is 328 g/mol. The number of hydrogen-bond acceptors (Lipinski definition) is 4. The Balaban J connectivity index is 2.07. The molecule has 1 fully saturated rings. The summed E-state index contributed by atoms with van der Waals surface area (Å²) < 4.78 is 11.7. The van der Waals surface area contributed by atoms with Crippen LogP contribution in [0.25, 0.3) is 0 Å². The molecule has 0 aromatic heterocycles. The van der Waals surface area contributed by atoms with Gasteiger partial charge in [-0.25, -0.2) is 4.79 Å². The Bertz CT molecular complexity index is 450. The third kappa shape index (κ3) is 3.94. The normalized spacial score (nSPS) is 18.4. The Morgan fingerprint density at radius 3 is 3.05 bits per heavy atom. The van der Waals surface area contributed by atoms with Gasteiger partial charge in [-0.05, 0) is 31.2 Å². The highest BCUT2D eigenvalue weighted by Gasteiger charge is 2.28. The molecule has 1 heterocycles. The summed E-state index contributed by atoms with van der Waals surface area (Å²) in [6.07, 6.45) is 1.24. The lowest BCUT2D eigenvalue weighted by molar-refractivity contribution is -0.143. The molecule has 1 saturated heterocycles. The summed E-state index contributed by atoms with van der Waals surface area (Å²) in [5, 5.41) is 3.34. The molecule has 0 bridgehead atoms. The predicted octanol–water partition coefficient (Wildman–Crippen LogP) is 2.64. The van der Waals surface area contributed by atoms with Crippen LogP contribution in [0.4, 0.5) is 0 Å². The molecule has 0 saturated carbocycles. The van der Waals surface area contributed by atoms with Gasteiger partial charge in [-0.3, -0.25) is 0 Å². The van der Waals surface area contributed by atoms with Crippen LogP contribution < -0.4 is 10.1 Å². The van der Waals surface area contributed by atoms with Gasteiger partial charge in [-0.2, -0.15) is 0 Å². The quantitative estimate of drug-likeness (QED) is 0.644. The lowest BCUT2D eigenvalue weighted by Gasteiger charge is -2.15. The van der Waals surface area contributed by atoms with Crippen molar-refractivity contribution in [1.29, 1.82) is 0 Å². The van der Waals surface area contributed by atoms with Gasteiger partial charge in [-0.15, -0.1) is 0 Å². The predicted molar refractivity (Wildman–Crippen MR) is 76.1 cm³/mol. The van der Waals surface area contributed by atoms with Crippen molar-refractivity contribution >= 4 is 21.9 Å². The number of cyclic esters (lactones) is 1. The van der Waals surface area contributed by atoms with Crippen LogP contribution in [-0.4, -0.2) is 25.2 Å². The lowest BCUT2D eigenvalue weighted by Crippen LogP contribution is -2.23. The second kappa shape index (κ2) is 6.91. The van der Waals surface area contributed by atoms with Crippen LogP contribution in [0.3, 0.4) is 0 Å². The summed E-state index contributed by atoms with van der Waals surface area (Å²) >= 11 is 3.45. The SMILES string of the molecule is CCCNCc1cc(Br)ccc1OC1CCOC1=O. The first-order chi connectivity index (χ1) is 9.20. The number of ether oxygens (including phenoxy) is 2. The van der Waals surface area contributed by atoms with Crippen molar-refractivity contribution in [3.8, 4) is 5.75 Å². The summed E-state index contributed by atoms with van der Waals surface area (Å²) in [6.45, 7) is 4.26. The Morgan fingerprint density at radius 2 is 2.37 bits per heavy atom. The molecule has 1 atom stereocenters. The maximum absolute atomic E-state index is 11.4. The van der Waals surface area contributed by atoms with Gasteiger partial charge in [0.25, 0.3) is 0 Å². The van der Waals surface area contributed by atoms with Crippen molar-refractivity contribution in [3.63, 3.8) is 0 Å². The van der Waals surface area contributed by atoms with Gasteiger partial charge >= 0.3 is 5.97 Å². The summed E-state index contributed by atoms with van der Waals surface area (Å²) in [5.74, 6) is 0.478. The van der Waals surface area contributed by atoms with Crippen molar-refractivity contribution in [2.75, 3.05) is 13.2 Å². The third-order valence-corrected chi connectivity index (χ3v) is 3.41. The summed E-state index contributed by atoms with van der Waals surface area (Å²) in [6, 6.07) is 5.82. The number of carbonyl (C=O) groups excluding carboxylic acids is 1. The third-order valence-electron chi connectivity index (χ3n) is 2.92. The van der Waals surface area contributed by atoms with Gasteiger partial charge in [0.05, 0.1) is 6.61 Å². The van der Waals surface area contributed by atoms with Gasteiger partial charge in [0.1, 0.15) is 5.75 Å². The number of nitrogens with one attached hydrogen (secondary N) is 1. The Kier molecular flexibility index (Phi) is 5.22. The minimum Gasteiger partial charge on any atom is -0.478 e. The van der Waals surface area contributed by atoms with Crippen LogP contribution in [0, 0.1) is 0 Å². The maximum atomic E-state index is 11.4. The van der Waals surface area contributed by atoms with E-state index in [1.54, 1.807) is 0 Å². The van der Waals surface area contributed by atoms with Gasteiger partial charge < -0.3 is 14.8 Å². The van der Waals surface area contributed by atoms with Crippen LogP contribution in [0.15, 0.2) is 22.7 Å². The highest BCUT2D eigenvalue weighted by atomic mass is 79.9. The van der Waals surface area contributed by atoms with Crippen molar-refractivity contribution in [2.24, 2.45) is 0 Å². The summed E-state index contributed by atoms with van der Waals surface area (Å²) in [4.78, 5) is 11.4. The van der Waals surface area contributed by atoms with Crippen molar-refractivity contribution in [2.45, 2.75) is 32.4 Å². The maximum Gasteiger partial charge on any atom is 0.347 e. The van der Waals surface area contributed by atoms with E-state index in [1.807, 2.05) is 18.2 Å². The smallest absolute Gasteiger partial charge is 0.347 e. The zero-order chi connectivity index (χ0) is 13.7. The first-order valence-electron chi connectivity index (χ1n) is 6.53. The molecule has 1 aromatic carbocycles. The monoisotopic (exact) mass is 327 g/mol. The van der Waals surface area contributed by atoms with Crippen molar-refractivity contribution < 1.29 is 14.3 Å². The van der Waals surface area contributed by atoms with Gasteiger partial charge in [-0.1, -0.05) is 22.9 Å². The molecule has 0 aliphatic carbocycles. The second-order valence-corrected chi connectivity index (χ2v) is 5.41. The molecule has 4 nitrogen and oxygen atoms in total. The van der Waals surface area contributed by atoms with E-state index in [9.17, 15) is 4.79 Å². The molecule has 2 rings (SSSR count). The fourth-order valence-electron chi connectivity index (χ4n) is 1.94. The van der Waals surface area contributed by atoms with Crippen molar-refractivity contribution in [3.05, 3.63) is 28.2 Å². The molecule has 1 N–H and O–H groups in total. The minimum atomic E-state index is -0.467. The minimum absolute atomic E-state index is 0.268. The molecule has 104 valence electrons. The topological polar surface area (TPSA) is 47.6 Å². The second-order valence-electron chi connectivity index (χ2n) is 4.49. The largest absolute Gasteiger partial charge is 0.478 e. The van der Waals surface area contributed by atoms with E-state index in [0.717, 1.165) is 35.3 Å².